The molecule has 1 aliphatic rings. The number of carbonyl (C=O) groups is 1. The highest BCUT2D eigenvalue weighted by Gasteiger charge is 2.37. The van der Waals surface area contributed by atoms with E-state index in [1.807, 2.05) is 49.4 Å². The highest BCUT2D eigenvalue weighted by molar-refractivity contribution is 5.93. The zero-order valence-electron chi connectivity index (χ0n) is 15.4. The summed E-state index contributed by atoms with van der Waals surface area (Å²) in [6.45, 7) is 3.13. The Balaban J connectivity index is 1.50. The highest BCUT2D eigenvalue weighted by atomic mass is 16.5. The van der Waals surface area contributed by atoms with Crippen molar-refractivity contribution in [2.24, 2.45) is 11.7 Å². The summed E-state index contributed by atoms with van der Waals surface area (Å²) in [5, 5.41) is 3.02. The van der Waals surface area contributed by atoms with Crippen molar-refractivity contribution in [3.63, 3.8) is 0 Å². The molecule has 4 nitrogen and oxygen atoms in total. The summed E-state index contributed by atoms with van der Waals surface area (Å²) < 4.78 is 5.75. The maximum atomic E-state index is 12.6. The molecule has 4 heteroatoms. The monoisotopic (exact) mass is 352 g/mol. The lowest BCUT2D eigenvalue weighted by Crippen LogP contribution is -2.51. The molecule has 1 amide bonds. The maximum absolute atomic E-state index is 12.6. The molecule has 3 rings (SSSR count). The van der Waals surface area contributed by atoms with Gasteiger partial charge in [0, 0.05) is 11.2 Å². The second-order valence-electron chi connectivity index (χ2n) is 7.47. The van der Waals surface area contributed by atoms with Gasteiger partial charge in [-0.3, -0.25) is 4.79 Å². The van der Waals surface area contributed by atoms with Crippen LogP contribution in [0.2, 0.25) is 0 Å². The van der Waals surface area contributed by atoms with Crippen LogP contribution in [0, 0.1) is 5.92 Å². The molecule has 2 aromatic rings. The van der Waals surface area contributed by atoms with Gasteiger partial charge in [-0.2, -0.15) is 0 Å². The Kier molecular flexibility index (Phi) is 6.07. The second-order valence-corrected chi connectivity index (χ2v) is 7.47. The Hall–Kier alpha value is -2.17. The van der Waals surface area contributed by atoms with Crippen LogP contribution in [0.5, 0.6) is 0 Å². The van der Waals surface area contributed by atoms with Crippen molar-refractivity contribution in [3.8, 4) is 0 Å². The van der Waals surface area contributed by atoms with Gasteiger partial charge in [-0.05, 0) is 43.0 Å². The summed E-state index contributed by atoms with van der Waals surface area (Å²) in [6, 6.07) is 17.9. The Morgan fingerprint density at radius 3 is 2.38 bits per heavy atom. The smallest absolute Gasteiger partial charge is 0.229 e. The third-order valence-corrected chi connectivity index (χ3v) is 5.17. The predicted octanol–water partition coefficient (Wildman–Crippen LogP) is 4.25. The number of benzene rings is 2. The number of anilines is 1. The van der Waals surface area contributed by atoms with Crippen molar-refractivity contribution in [1.29, 1.82) is 0 Å². The van der Waals surface area contributed by atoms with Crippen LogP contribution in [0.1, 0.15) is 43.7 Å². The summed E-state index contributed by atoms with van der Waals surface area (Å²) >= 11 is 0. The lowest BCUT2D eigenvalue weighted by molar-refractivity contribution is -0.122. The van der Waals surface area contributed by atoms with Crippen LogP contribution in [0.25, 0.3) is 0 Å². The van der Waals surface area contributed by atoms with E-state index in [1.165, 1.54) is 0 Å². The fraction of sp³-hybridized carbons (Fsp3) is 0.409. The van der Waals surface area contributed by atoms with Gasteiger partial charge >= 0.3 is 0 Å². The van der Waals surface area contributed by atoms with Crippen LogP contribution in [-0.4, -0.2) is 11.4 Å². The first kappa shape index (κ1) is 18.6. The summed E-state index contributed by atoms with van der Waals surface area (Å²) in [5.41, 5.74) is 8.97. The summed E-state index contributed by atoms with van der Waals surface area (Å²) in [7, 11) is 0. The molecule has 1 fully saturated rings. The van der Waals surface area contributed by atoms with Crippen LogP contribution in [0.15, 0.2) is 54.6 Å². The molecular weight excluding hydrogens is 324 g/mol. The SMILES string of the molecule is CC1(N)CCCCC1C(=O)Nc1ccc(COCc2ccccc2)cc1. The molecule has 3 N–H and O–H groups in total. The average Bonchev–Trinajstić information content (AvgIpc) is 2.63. The van der Waals surface area contributed by atoms with Crippen molar-refractivity contribution in [3.05, 3.63) is 65.7 Å². The fourth-order valence-corrected chi connectivity index (χ4v) is 3.56. The Labute approximate surface area is 155 Å². The van der Waals surface area contributed by atoms with E-state index in [4.69, 9.17) is 10.5 Å². The number of nitrogens with one attached hydrogen (secondary N) is 1. The third-order valence-electron chi connectivity index (χ3n) is 5.17. The quantitative estimate of drug-likeness (QED) is 0.817. The molecule has 0 aliphatic heterocycles. The summed E-state index contributed by atoms with van der Waals surface area (Å²) in [4.78, 5) is 12.6. The molecule has 0 radical (unpaired) electrons. The molecule has 2 aromatic carbocycles. The van der Waals surface area contributed by atoms with Crippen LogP contribution in [0.4, 0.5) is 5.69 Å². The first-order valence-electron chi connectivity index (χ1n) is 9.35. The van der Waals surface area contributed by atoms with E-state index in [2.05, 4.69) is 17.4 Å². The molecule has 2 atom stereocenters. The molecule has 1 aliphatic carbocycles. The van der Waals surface area contributed by atoms with Crippen LogP contribution < -0.4 is 11.1 Å². The van der Waals surface area contributed by atoms with Crippen molar-refractivity contribution in [2.45, 2.75) is 51.4 Å². The van der Waals surface area contributed by atoms with Crippen molar-refractivity contribution in [2.75, 3.05) is 5.32 Å². The molecule has 0 spiro atoms. The van der Waals surface area contributed by atoms with E-state index in [0.717, 1.165) is 42.5 Å². The predicted molar refractivity (Wildman–Crippen MR) is 105 cm³/mol. The van der Waals surface area contributed by atoms with Gasteiger partial charge in [-0.1, -0.05) is 55.3 Å². The minimum absolute atomic E-state index is 0.0303. The molecule has 0 bridgehead atoms. The van der Waals surface area contributed by atoms with E-state index in [1.54, 1.807) is 0 Å². The first-order chi connectivity index (χ1) is 12.5. The minimum Gasteiger partial charge on any atom is -0.372 e. The molecular formula is C22H28N2O2. The minimum atomic E-state index is -0.409. The van der Waals surface area contributed by atoms with Crippen LogP contribution >= 0.6 is 0 Å². The van der Waals surface area contributed by atoms with Gasteiger partial charge in [-0.15, -0.1) is 0 Å². The number of hydrogen-bond donors (Lipinski definition) is 2. The number of carbonyl (C=O) groups excluding carboxylic acids is 1. The number of rotatable bonds is 6. The van der Waals surface area contributed by atoms with Gasteiger partial charge in [0.05, 0.1) is 19.1 Å². The average molecular weight is 352 g/mol. The third kappa shape index (κ3) is 4.93. The molecule has 0 heterocycles. The molecule has 1 saturated carbocycles. The second kappa shape index (κ2) is 8.47. The van der Waals surface area contributed by atoms with Crippen molar-refractivity contribution in [1.82, 2.24) is 0 Å². The first-order valence-corrected chi connectivity index (χ1v) is 9.35. The lowest BCUT2D eigenvalue weighted by atomic mass is 9.74. The van der Waals surface area contributed by atoms with E-state index in [0.29, 0.717) is 13.2 Å². The number of nitrogens with two attached hydrogens (primary N) is 1. The van der Waals surface area contributed by atoms with Gasteiger partial charge in [0.2, 0.25) is 5.91 Å². The fourth-order valence-electron chi connectivity index (χ4n) is 3.56. The highest BCUT2D eigenvalue weighted by Crippen LogP contribution is 2.32. The largest absolute Gasteiger partial charge is 0.372 e. The summed E-state index contributed by atoms with van der Waals surface area (Å²) in [6.07, 6.45) is 3.95. The van der Waals surface area contributed by atoms with Crippen LogP contribution in [0.3, 0.4) is 0 Å². The van der Waals surface area contributed by atoms with Crippen molar-refractivity contribution >= 4 is 11.6 Å². The van der Waals surface area contributed by atoms with E-state index < -0.39 is 5.54 Å². The molecule has 0 saturated heterocycles. The molecule has 138 valence electrons. The van der Waals surface area contributed by atoms with Crippen LogP contribution in [-0.2, 0) is 22.7 Å². The van der Waals surface area contributed by atoms with Gasteiger partial charge in [0.25, 0.3) is 0 Å². The van der Waals surface area contributed by atoms with Gasteiger partial charge in [0.15, 0.2) is 0 Å². The summed E-state index contributed by atoms with van der Waals surface area (Å²) in [5.74, 6) is -0.0899. The van der Waals surface area contributed by atoms with E-state index >= 15 is 0 Å². The topological polar surface area (TPSA) is 64.4 Å². The normalized spacial score (nSPS) is 22.8. The molecule has 2 unspecified atom stereocenters. The van der Waals surface area contributed by atoms with Crippen molar-refractivity contribution < 1.29 is 9.53 Å². The van der Waals surface area contributed by atoms with Gasteiger partial charge < -0.3 is 15.8 Å². The number of ether oxygens (including phenoxy) is 1. The zero-order chi connectivity index (χ0) is 18.4. The Morgan fingerprint density at radius 1 is 1.08 bits per heavy atom. The lowest BCUT2D eigenvalue weighted by Gasteiger charge is -2.37. The number of amides is 1. The molecule has 0 aromatic heterocycles. The van der Waals surface area contributed by atoms with Gasteiger partial charge in [-0.25, -0.2) is 0 Å². The molecule has 26 heavy (non-hydrogen) atoms. The Morgan fingerprint density at radius 2 is 1.73 bits per heavy atom. The maximum Gasteiger partial charge on any atom is 0.229 e. The van der Waals surface area contributed by atoms with Gasteiger partial charge in [0.1, 0.15) is 0 Å². The van der Waals surface area contributed by atoms with E-state index in [-0.39, 0.29) is 11.8 Å². The zero-order valence-corrected chi connectivity index (χ0v) is 15.4. The Bertz CT molecular complexity index is 711. The number of hydrogen-bond acceptors (Lipinski definition) is 3. The van der Waals surface area contributed by atoms with E-state index in [9.17, 15) is 4.79 Å². The standard InChI is InChI=1S/C22H28N2O2/c1-22(23)14-6-5-9-20(22)21(25)24-19-12-10-18(11-13-19)16-26-15-17-7-3-2-4-8-17/h2-4,7-8,10-13,20H,5-6,9,14-16,23H2,1H3,(H,24,25).